The minimum Gasteiger partial charge on any atom is -0.462 e. The molecule has 3 N–H and O–H groups in total. The lowest BCUT2D eigenvalue weighted by molar-refractivity contribution is -0.161. The smallest absolute Gasteiger partial charge is 0.462 e. The van der Waals surface area contributed by atoms with Crippen LogP contribution in [0.25, 0.3) is 0 Å². The predicted octanol–water partition coefficient (Wildman–Crippen LogP) is 22.7. The van der Waals surface area contributed by atoms with Crippen LogP contribution >= 0.6 is 15.6 Å². The monoisotopic (exact) mass is 1420 g/mol. The van der Waals surface area contributed by atoms with Crippen molar-refractivity contribution in [2.24, 2.45) is 11.8 Å². The van der Waals surface area contributed by atoms with Crippen LogP contribution in [-0.4, -0.2) is 96.7 Å². The molecule has 0 rings (SSSR count). The van der Waals surface area contributed by atoms with E-state index in [1.54, 1.807) is 0 Å². The second kappa shape index (κ2) is 69.3. The SMILES string of the molecule is CCCCCC/C=C\C=C/CCCCCCCC(=O)OC[C@H](COP(=O)(O)OC[C@@H](O)COP(=O)(O)OC[C@@H](COC(=O)CCCCCCCCCCCCC)OC(=O)CCCCCCCCCCCCC(C)C)OC(=O)CCCCCCCCCCCCCCCCCC(C)C. The number of aliphatic hydroxyl groups excluding tert-OH is 1. The number of esters is 4. The number of ether oxygens (including phenoxy) is 4. The highest BCUT2D eigenvalue weighted by Crippen LogP contribution is 2.45. The molecule has 0 spiro atoms. The van der Waals surface area contributed by atoms with E-state index in [0.717, 1.165) is 121 Å². The van der Waals surface area contributed by atoms with Crippen molar-refractivity contribution in [3.8, 4) is 0 Å². The van der Waals surface area contributed by atoms with E-state index < -0.39 is 97.5 Å². The van der Waals surface area contributed by atoms with Gasteiger partial charge in [0.05, 0.1) is 26.4 Å². The van der Waals surface area contributed by atoms with Crippen LogP contribution < -0.4 is 0 Å². The van der Waals surface area contributed by atoms with Crippen molar-refractivity contribution in [3.05, 3.63) is 24.3 Å². The Balaban J connectivity index is 5.29. The Kier molecular flexibility index (Phi) is 67.5. The van der Waals surface area contributed by atoms with Gasteiger partial charge in [0.15, 0.2) is 12.2 Å². The first-order valence-electron chi connectivity index (χ1n) is 39.8. The van der Waals surface area contributed by atoms with Gasteiger partial charge in [0.25, 0.3) is 0 Å². The fourth-order valence-corrected chi connectivity index (χ4v) is 13.0. The summed E-state index contributed by atoms with van der Waals surface area (Å²) in [6.45, 7) is 9.56. The molecule has 0 aromatic heterocycles. The van der Waals surface area contributed by atoms with Gasteiger partial charge in [0, 0.05) is 25.7 Å². The maximum Gasteiger partial charge on any atom is 0.472 e. The van der Waals surface area contributed by atoms with Crippen LogP contribution in [0.4, 0.5) is 0 Å². The molecule has 0 aromatic rings. The first-order valence-corrected chi connectivity index (χ1v) is 42.8. The summed E-state index contributed by atoms with van der Waals surface area (Å²) in [5, 5.41) is 10.6. The summed E-state index contributed by atoms with van der Waals surface area (Å²) in [7, 11) is -9.93. The highest BCUT2D eigenvalue weighted by atomic mass is 31.2. The summed E-state index contributed by atoms with van der Waals surface area (Å²) in [5.74, 6) is -0.591. The van der Waals surface area contributed by atoms with Gasteiger partial charge in [-0.3, -0.25) is 37.3 Å². The lowest BCUT2D eigenvalue weighted by Gasteiger charge is -2.21. The Morgan fingerprint density at radius 1 is 0.320 bits per heavy atom. The number of aliphatic hydroxyl groups is 1. The van der Waals surface area contributed by atoms with Crippen molar-refractivity contribution in [3.63, 3.8) is 0 Å². The molecule has 5 atom stereocenters. The number of carbonyl (C=O) groups excluding carboxylic acids is 4. The number of phosphoric acid groups is 2. The van der Waals surface area contributed by atoms with Gasteiger partial charge < -0.3 is 33.8 Å². The molecule has 19 heteroatoms. The van der Waals surface area contributed by atoms with Crippen LogP contribution in [0.15, 0.2) is 24.3 Å². The van der Waals surface area contributed by atoms with E-state index in [4.69, 9.17) is 37.0 Å². The van der Waals surface area contributed by atoms with E-state index in [1.165, 1.54) is 180 Å². The van der Waals surface area contributed by atoms with Gasteiger partial charge in [-0.05, 0) is 63.2 Å². The van der Waals surface area contributed by atoms with E-state index in [0.29, 0.717) is 25.7 Å². The Hall–Kier alpha value is -2.46. The zero-order valence-electron chi connectivity index (χ0n) is 62.9. The molecule has 0 fully saturated rings. The van der Waals surface area contributed by atoms with Gasteiger partial charge in [0.1, 0.15) is 19.3 Å². The maximum atomic E-state index is 13.1. The Morgan fingerprint density at radius 3 is 0.845 bits per heavy atom. The average molecular weight is 1420 g/mol. The number of hydrogen-bond acceptors (Lipinski definition) is 15. The van der Waals surface area contributed by atoms with Crippen LogP contribution in [0.2, 0.25) is 0 Å². The molecule has 0 amide bonds. The highest BCUT2D eigenvalue weighted by Gasteiger charge is 2.30. The molecule has 0 aromatic carbocycles. The molecular weight excluding hydrogens is 1270 g/mol. The Morgan fingerprint density at radius 2 is 0.557 bits per heavy atom. The van der Waals surface area contributed by atoms with Crippen LogP contribution in [0.3, 0.4) is 0 Å². The Bertz CT molecular complexity index is 1970. The van der Waals surface area contributed by atoms with Crippen molar-refractivity contribution in [1.29, 1.82) is 0 Å². The molecule has 0 aliphatic rings. The third-order valence-corrected chi connectivity index (χ3v) is 19.5. The first kappa shape index (κ1) is 94.5. The van der Waals surface area contributed by atoms with Gasteiger partial charge in [-0.15, -0.1) is 0 Å². The second-order valence-corrected chi connectivity index (χ2v) is 31.3. The van der Waals surface area contributed by atoms with E-state index in [1.807, 2.05) is 0 Å². The van der Waals surface area contributed by atoms with E-state index in [-0.39, 0.29) is 25.7 Å². The van der Waals surface area contributed by atoms with Gasteiger partial charge in [0.2, 0.25) is 0 Å². The fourth-order valence-electron chi connectivity index (χ4n) is 11.5. The molecule has 0 saturated heterocycles. The molecular formula is C78H148O17P2. The second-order valence-electron chi connectivity index (χ2n) is 28.4. The summed E-state index contributed by atoms with van der Waals surface area (Å²) >= 11 is 0. The van der Waals surface area contributed by atoms with Crippen molar-refractivity contribution in [1.82, 2.24) is 0 Å². The number of allylic oxidation sites excluding steroid dienone is 4. The largest absolute Gasteiger partial charge is 0.472 e. The molecule has 0 heterocycles. The molecule has 2 unspecified atom stereocenters. The summed E-state index contributed by atoms with van der Waals surface area (Å²) in [5.41, 5.74) is 0. The number of hydrogen-bond donors (Lipinski definition) is 3. The fraction of sp³-hybridized carbons (Fsp3) is 0.897. The lowest BCUT2D eigenvalue weighted by atomic mass is 10.0. The average Bonchev–Trinajstić information content (AvgIpc) is 1.01. The topological polar surface area (TPSA) is 237 Å². The van der Waals surface area contributed by atoms with Gasteiger partial charge in [-0.2, -0.15) is 0 Å². The van der Waals surface area contributed by atoms with Gasteiger partial charge in [-0.1, -0.05) is 329 Å². The zero-order chi connectivity index (χ0) is 71.4. The van der Waals surface area contributed by atoms with Crippen molar-refractivity contribution >= 4 is 39.5 Å². The number of carbonyl (C=O) groups is 4. The molecule has 0 aliphatic heterocycles. The van der Waals surface area contributed by atoms with Gasteiger partial charge >= 0.3 is 39.5 Å². The number of unbranched alkanes of at least 4 members (excludes halogenated alkanes) is 42. The van der Waals surface area contributed by atoms with Crippen LogP contribution in [0.5, 0.6) is 0 Å². The maximum absolute atomic E-state index is 13.1. The number of phosphoric ester groups is 2. The quantitative estimate of drug-likeness (QED) is 0.0169. The minimum absolute atomic E-state index is 0.101. The summed E-state index contributed by atoms with van der Waals surface area (Å²) in [6, 6.07) is 0. The molecule has 0 radical (unpaired) electrons. The molecule has 0 aliphatic carbocycles. The third-order valence-electron chi connectivity index (χ3n) is 17.6. The summed E-state index contributed by atoms with van der Waals surface area (Å²) in [4.78, 5) is 72.9. The first-order chi connectivity index (χ1) is 46.9. The van der Waals surface area contributed by atoms with Crippen LogP contribution in [0.1, 0.15) is 382 Å². The van der Waals surface area contributed by atoms with Crippen molar-refractivity contribution in [2.75, 3.05) is 39.6 Å². The molecule has 0 saturated carbocycles. The van der Waals surface area contributed by atoms with Crippen LogP contribution in [0, 0.1) is 11.8 Å². The molecule has 97 heavy (non-hydrogen) atoms. The van der Waals surface area contributed by atoms with Gasteiger partial charge in [-0.25, -0.2) is 9.13 Å². The Labute approximate surface area is 592 Å². The molecule has 17 nitrogen and oxygen atoms in total. The molecule has 572 valence electrons. The van der Waals surface area contributed by atoms with Crippen LogP contribution in [-0.2, 0) is 65.4 Å². The molecule has 0 bridgehead atoms. The van der Waals surface area contributed by atoms with E-state index in [2.05, 4.69) is 65.8 Å². The van der Waals surface area contributed by atoms with E-state index in [9.17, 15) is 43.2 Å². The van der Waals surface area contributed by atoms with E-state index >= 15 is 0 Å². The summed E-state index contributed by atoms with van der Waals surface area (Å²) < 4.78 is 68.6. The normalized spacial score (nSPS) is 14.1. The summed E-state index contributed by atoms with van der Waals surface area (Å²) in [6.07, 6.45) is 60.4. The number of rotatable bonds is 75. The van der Waals surface area contributed by atoms with Crippen molar-refractivity contribution in [2.45, 2.75) is 400 Å². The zero-order valence-corrected chi connectivity index (χ0v) is 64.7. The predicted molar refractivity (Wildman–Crippen MR) is 395 cm³/mol. The van der Waals surface area contributed by atoms with Crippen molar-refractivity contribution < 1.29 is 80.2 Å². The highest BCUT2D eigenvalue weighted by molar-refractivity contribution is 7.47. The minimum atomic E-state index is -4.97. The third kappa shape index (κ3) is 71.7. The lowest BCUT2D eigenvalue weighted by Crippen LogP contribution is -2.30. The standard InChI is InChI=1S/C78H148O17P2/c1-7-9-11-13-15-17-19-20-22-26-30-37-43-49-55-61-76(81)89-67-73(94-77(82)62-56-50-44-38-31-27-24-21-23-25-29-34-40-46-52-58-70(3)4)68-92-96(84,85)90-64-72(79)65-91-97(86,87)93-69-74(66-88-75(80)60-54-48-42-36-28-18-16-14-12-10-8-2)95-78(83)63-57-51-45-39-33-32-35-41-47-53-59-71(5)6/h17,19-20,22,70-74,79H,7-16,18,21,23-69H2,1-6H3,(H,84,85)(H,86,87)/b19-17-,22-20-/t72-,73-,74-/m1/s1.